The van der Waals surface area contributed by atoms with Crippen LogP contribution in [-0.2, 0) is 26.0 Å². The monoisotopic (exact) mass is 506 g/mol. The van der Waals surface area contributed by atoms with E-state index in [1.165, 1.54) is 12.7 Å². The first kappa shape index (κ1) is 22.4. The molecule has 2 unspecified atom stereocenters. The van der Waals surface area contributed by atoms with Gasteiger partial charge in [-0.3, -0.25) is 4.79 Å². The summed E-state index contributed by atoms with van der Waals surface area (Å²) in [5.74, 6) is 0.0455. The predicted octanol–water partition coefficient (Wildman–Crippen LogP) is 6.22. The first-order valence-corrected chi connectivity index (χ1v) is 10.9. The zero-order valence-electron chi connectivity index (χ0n) is 16.0. The molecule has 0 aliphatic carbocycles. The van der Waals surface area contributed by atoms with E-state index in [2.05, 4.69) is 50.6 Å². The van der Waals surface area contributed by atoms with Gasteiger partial charge in [0.15, 0.2) is 0 Å². The normalized spacial score (nSPS) is 13.1. The van der Waals surface area contributed by atoms with Crippen LogP contribution in [0.15, 0.2) is 66.9 Å². The topological polar surface area (TPSA) is 35.5 Å². The zero-order valence-corrected chi connectivity index (χ0v) is 19.2. The van der Waals surface area contributed by atoms with E-state index in [9.17, 15) is 4.79 Å². The number of carbonyl (C=O) groups excluding carboxylic acids is 1. The summed E-state index contributed by atoms with van der Waals surface area (Å²) in [6.07, 6.45) is 4.33. The van der Waals surface area contributed by atoms with Crippen molar-refractivity contribution >= 4 is 43.9 Å². The smallest absolute Gasteiger partial charge is 0.310 e. The molecule has 2 rings (SSSR count). The number of methoxy groups -OCH3 is 2. The largest absolute Gasteiger partial charge is 0.497 e. The molecule has 0 aromatic heterocycles. The van der Waals surface area contributed by atoms with Crippen LogP contribution in [0, 0.1) is 5.92 Å². The molecule has 28 heavy (non-hydrogen) atoms. The summed E-state index contributed by atoms with van der Waals surface area (Å²) >= 11 is 7.17. The van der Waals surface area contributed by atoms with Gasteiger partial charge >= 0.3 is 5.97 Å². The van der Waals surface area contributed by atoms with Gasteiger partial charge in [-0.1, -0.05) is 93.0 Å². The van der Waals surface area contributed by atoms with E-state index in [1.807, 2.05) is 48.6 Å². The average Bonchev–Trinajstić information content (AvgIpc) is 2.75. The number of hydrogen-bond acceptors (Lipinski definition) is 3. The summed E-state index contributed by atoms with van der Waals surface area (Å²) < 4.78 is 10.1. The molecular weight excluding hydrogens is 484 g/mol. The van der Waals surface area contributed by atoms with Gasteiger partial charge in [-0.15, -0.1) is 0 Å². The quantitative estimate of drug-likeness (QED) is 0.175. The second kappa shape index (κ2) is 11.2. The van der Waals surface area contributed by atoms with Crippen LogP contribution in [-0.4, -0.2) is 20.2 Å². The summed E-state index contributed by atoms with van der Waals surface area (Å²) in [4.78, 5) is 12.3. The Labute approximate surface area is 183 Å². The highest BCUT2D eigenvalue weighted by atomic mass is 79.9. The zero-order chi connectivity index (χ0) is 20.5. The standard InChI is InChI=1S/C23H24Br2O3/c1-16(27-2)4-5-17-6-8-18(9-7-17)14-21(23(26)28-3)22(25)20-12-10-19(15-24)11-13-20/h4-13,21-22H,1,14-15H2,2-3H3/b5-4+. The molecule has 0 spiro atoms. The molecule has 0 N–H and O–H groups in total. The minimum atomic E-state index is -0.325. The average molecular weight is 508 g/mol. The lowest BCUT2D eigenvalue weighted by atomic mass is 9.91. The van der Waals surface area contributed by atoms with E-state index in [-0.39, 0.29) is 16.7 Å². The second-order valence-corrected chi connectivity index (χ2v) is 7.90. The van der Waals surface area contributed by atoms with Crippen molar-refractivity contribution in [1.29, 1.82) is 0 Å². The molecule has 3 nitrogen and oxygen atoms in total. The summed E-state index contributed by atoms with van der Waals surface area (Å²) in [6.45, 7) is 3.76. The fourth-order valence-electron chi connectivity index (χ4n) is 2.76. The van der Waals surface area contributed by atoms with Gasteiger partial charge in [-0.05, 0) is 34.8 Å². The molecule has 5 heteroatoms. The van der Waals surface area contributed by atoms with E-state index in [0.717, 1.165) is 22.0 Å². The van der Waals surface area contributed by atoms with Crippen molar-refractivity contribution in [2.75, 3.05) is 14.2 Å². The van der Waals surface area contributed by atoms with E-state index < -0.39 is 0 Å². The molecule has 0 amide bonds. The number of rotatable bonds is 9. The van der Waals surface area contributed by atoms with E-state index in [0.29, 0.717) is 12.2 Å². The minimum absolute atomic E-state index is 0.131. The molecule has 0 heterocycles. The van der Waals surface area contributed by atoms with Crippen LogP contribution >= 0.6 is 31.9 Å². The van der Waals surface area contributed by atoms with Crippen molar-refractivity contribution in [1.82, 2.24) is 0 Å². The highest BCUT2D eigenvalue weighted by Crippen LogP contribution is 2.34. The van der Waals surface area contributed by atoms with Crippen molar-refractivity contribution in [3.63, 3.8) is 0 Å². The maximum atomic E-state index is 12.4. The Balaban J connectivity index is 2.16. The summed E-state index contributed by atoms with van der Waals surface area (Å²) in [6, 6.07) is 16.3. The van der Waals surface area contributed by atoms with Gasteiger partial charge in [0.1, 0.15) is 5.76 Å². The number of allylic oxidation sites excluding steroid dienone is 1. The van der Waals surface area contributed by atoms with Crippen LogP contribution in [0.1, 0.15) is 27.1 Å². The molecule has 0 saturated carbocycles. The predicted molar refractivity (Wildman–Crippen MR) is 122 cm³/mol. The third-order valence-electron chi connectivity index (χ3n) is 4.47. The second-order valence-electron chi connectivity index (χ2n) is 6.36. The molecule has 0 saturated heterocycles. The molecule has 0 radical (unpaired) electrons. The maximum Gasteiger partial charge on any atom is 0.310 e. The van der Waals surface area contributed by atoms with Crippen molar-refractivity contribution in [2.45, 2.75) is 16.6 Å². The van der Waals surface area contributed by atoms with Gasteiger partial charge in [0, 0.05) is 5.33 Å². The van der Waals surface area contributed by atoms with Gasteiger partial charge in [0.25, 0.3) is 0 Å². The summed E-state index contributed by atoms with van der Waals surface area (Å²) in [5.41, 5.74) is 4.35. The van der Waals surface area contributed by atoms with E-state index in [4.69, 9.17) is 9.47 Å². The van der Waals surface area contributed by atoms with E-state index >= 15 is 0 Å². The van der Waals surface area contributed by atoms with Crippen LogP contribution in [0.3, 0.4) is 0 Å². The highest BCUT2D eigenvalue weighted by molar-refractivity contribution is 9.09. The van der Waals surface area contributed by atoms with Crippen LogP contribution in [0.2, 0.25) is 0 Å². The third kappa shape index (κ3) is 6.35. The molecule has 0 bridgehead atoms. The Bertz CT molecular complexity index is 811. The van der Waals surface area contributed by atoms with Gasteiger partial charge in [0.05, 0.1) is 25.0 Å². The minimum Gasteiger partial charge on any atom is -0.497 e. The lowest BCUT2D eigenvalue weighted by Crippen LogP contribution is -2.23. The Morgan fingerprint density at radius 1 is 1.04 bits per heavy atom. The van der Waals surface area contributed by atoms with Crippen molar-refractivity contribution in [3.05, 3.63) is 89.2 Å². The van der Waals surface area contributed by atoms with Gasteiger partial charge in [-0.25, -0.2) is 0 Å². The Kier molecular flexibility index (Phi) is 9.00. The maximum absolute atomic E-state index is 12.4. The molecule has 0 aliphatic heterocycles. The number of benzene rings is 2. The molecule has 0 aliphatic rings. The van der Waals surface area contributed by atoms with Crippen LogP contribution in [0.25, 0.3) is 6.08 Å². The van der Waals surface area contributed by atoms with Crippen LogP contribution in [0.4, 0.5) is 0 Å². The van der Waals surface area contributed by atoms with Gasteiger partial charge in [0.2, 0.25) is 0 Å². The number of hydrogen-bond donors (Lipinski definition) is 0. The van der Waals surface area contributed by atoms with Crippen LogP contribution in [0.5, 0.6) is 0 Å². The van der Waals surface area contributed by atoms with Gasteiger partial charge in [-0.2, -0.15) is 0 Å². The Morgan fingerprint density at radius 2 is 1.64 bits per heavy atom. The molecule has 2 atom stereocenters. The molecular formula is C23H24Br2O3. The number of halogens is 2. The fourth-order valence-corrected chi connectivity index (χ4v) is 3.84. The summed E-state index contributed by atoms with van der Waals surface area (Å²) in [7, 11) is 3.02. The first-order valence-electron chi connectivity index (χ1n) is 8.85. The van der Waals surface area contributed by atoms with Crippen molar-refractivity contribution in [3.8, 4) is 0 Å². The highest BCUT2D eigenvalue weighted by Gasteiger charge is 2.28. The van der Waals surface area contributed by atoms with Crippen molar-refractivity contribution in [2.24, 2.45) is 5.92 Å². The lowest BCUT2D eigenvalue weighted by molar-refractivity contribution is -0.145. The molecule has 148 valence electrons. The van der Waals surface area contributed by atoms with Crippen molar-refractivity contribution < 1.29 is 14.3 Å². The summed E-state index contributed by atoms with van der Waals surface area (Å²) in [5, 5.41) is 0.805. The number of esters is 1. The van der Waals surface area contributed by atoms with Gasteiger partial charge < -0.3 is 9.47 Å². The molecule has 0 fully saturated rings. The van der Waals surface area contributed by atoms with Crippen LogP contribution < -0.4 is 0 Å². The number of alkyl halides is 2. The SMILES string of the molecule is C=C(/C=C/c1ccc(CC(C(=O)OC)C(Br)c2ccc(CBr)cc2)cc1)OC. The Morgan fingerprint density at radius 3 is 2.18 bits per heavy atom. The number of carbonyl (C=O) groups is 1. The molecule has 2 aromatic rings. The lowest BCUT2D eigenvalue weighted by Gasteiger charge is -2.21. The molecule has 2 aromatic carbocycles. The third-order valence-corrected chi connectivity index (χ3v) is 6.28. The van der Waals surface area contributed by atoms with E-state index in [1.54, 1.807) is 7.11 Å². The Hall–Kier alpha value is -1.85. The number of ether oxygens (including phenoxy) is 2. The fraction of sp³-hybridized carbons (Fsp3) is 0.261. The first-order chi connectivity index (χ1) is 13.5.